The van der Waals surface area contributed by atoms with E-state index in [-0.39, 0.29) is 23.9 Å². The van der Waals surface area contributed by atoms with Gasteiger partial charge >= 0.3 is 0 Å². The molecule has 3 atom stereocenters. The highest BCUT2D eigenvalue weighted by Gasteiger charge is 2.46. The third kappa shape index (κ3) is 4.54. The lowest BCUT2D eigenvalue weighted by Gasteiger charge is -2.49. The summed E-state index contributed by atoms with van der Waals surface area (Å²) >= 11 is 0. The van der Waals surface area contributed by atoms with E-state index in [2.05, 4.69) is 46.6 Å². The molecule has 1 aliphatic carbocycles. The van der Waals surface area contributed by atoms with E-state index >= 15 is 0 Å². The molecule has 3 unspecified atom stereocenters. The van der Waals surface area contributed by atoms with Crippen molar-refractivity contribution in [1.29, 1.82) is 0 Å². The van der Waals surface area contributed by atoms with Gasteiger partial charge in [0.25, 0.3) is 0 Å². The number of rotatable bonds is 5. The lowest BCUT2D eigenvalue weighted by Crippen LogP contribution is -2.62. The van der Waals surface area contributed by atoms with E-state index in [0.29, 0.717) is 6.42 Å². The average molecular weight is 393 g/mol. The fourth-order valence-corrected chi connectivity index (χ4v) is 4.96. The van der Waals surface area contributed by atoms with E-state index in [1.165, 1.54) is 5.56 Å². The van der Waals surface area contributed by atoms with Gasteiger partial charge in [0.05, 0.1) is 17.7 Å². The maximum atomic E-state index is 13.0. The van der Waals surface area contributed by atoms with Gasteiger partial charge in [0.1, 0.15) is 0 Å². The van der Waals surface area contributed by atoms with Crippen LogP contribution in [0.3, 0.4) is 0 Å². The smallest absolute Gasteiger partial charge is 0.223 e. The minimum absolute atomic E-state index is 0.0643. The first-order valence-corrected chi connectivity index (χ1v) is 10.9. The Labute approximate surface area is 173 Å². The molecule has 1 aliphatic heterocycles. The van der Waals surface area contributed by atoms with Gasteiger partial charge in [0, 0.05) is 19.0 Å². The first-order chi connectivity index (χ1) is 14.0. The van der Waals surface area contributed by atoms with Gasteiger partial charge < -0.3 is 10.4 Å². The number of piperidine rings is 1. The van der Waals surface area contributed by atoms with E-state index in [1.54, 1.807) is 0 Å². The van der Waals surface area contributed by atoms with E-state index in [9.17, 15) is 9.90 Å². The topological polar surface area (TPSA) is 52.6 Å². The zero-order valence-electron chi connectivity index (χ0n) is 17.3. The number of carbonyl (C=O) groups excluding carboxylic acids is 1. The van der Waals surface area contributed by atoms with Crippen LogP contribution in [0.25, 0.3) is 0 Å². The zero-order valence-corrected chi connectivity index (χ0v) is 17.3. The molecule has 0 spiro atoms. The number of hydrogen-bond acceptors (Lipinski definition) is 3. The van der Waals surface area contributed by atoms with Crippen molar-refractivity contribution in [2.45, 2.75) is 63.3 Å². The molecule has 2 aromatic carbocycles. The third-order valence-corrected chi connectivity index (χ3v) is 6.68. The van der Waals surface area contributed by atoms with Gasteiger partial charge in [0.2, 0.25) is 5.91 Å². The molecular weight excluding hydrogens is 360 g/mol. The van der Waals surface area contributed by atoms with Crippen molar-refractivity contribution in [3.05, 3.63) is 71.8 Å². The van der Waals surface area contributed by atoms with Crippen LogP contribution in [-0.2, 0) is 11.3 Å². The molecule has 1 saturated carbocycles. The predicted molar refractivity (Wildman–Crippen MR) is 115 cm³/mol. The molecule has 2 aliphatic rings. The molecule has 2 N–H and O–H groups in total. The number of benzene rings is 2. The Morgan fingerprint density at radius 1 is 1.07 bits per heavy atom. The fraction of sp³-hybridized carbons (Fsp3) is 0.480. The quantitative estimate of drug-likeness (QED) is 0.807. The number of likely N-dealkylation sites (tertiary alicyclic amines) is 1. The highest BCUT2D eigenvalue weighted by molar-refractivity contribution is 5.79. The summed E-state index contributed by atoms with van der Waals surface area (Å²) in [6, 6.07) is 20.3. The number of nitrogens with one attached hydrogen (secondary N) is 1. The fourth-order valence-electron chi connectivity index (χ4n) is 4.96. The molecular formula is C25H32N2O2. The van der Waals surface area contributed by atoms with E-state index in [1.807, 2.05) is 31.2 Å². The molecule has 2 aromatic rings. The summed E-state index contributed by atoms with van der Waals surface area (Å²) in [5.74, 6) is 0.196. The maximum Gasteiger partial charge on any atom is 0.223 e. The lowest BCUT2D eigenvalue weighted by molar-refractivity contribution is -0.132. The summed E-state index contributed by atoms with van der Waals surface area (Å²) in [4.78, 5) is 15.4. The second-order valence-corrected chi connectivity index (χ2v) is 8.89. The first-order valence-electron chi connectivity index (χ1n) is 10.9. The summed E-state index contributed by atoms with van der Waals surface area (Å²) in [6.45, 7) is 3.46. The number of carbonyl (C=O) groups is 1. The molecule has 0 radical (unpaired) electrons. The van der Waals surface area contributed by atoms with Crippen LogP contribution in [0, 0.1) is 5.92 Å². The van der Waals surface area contributed by atoms with Gasteiger partial charge in [0.15, 0.2) is 0 Å². The molecule has 0 bridgehead atoms. The van der Waals surface area contributed by atoms with Gasteiger partial charge in [-0.1, -0.05) is 73.5 Å². The van der Waals surface area contributed by atoms with Gasteiger partial charge in [-0.15, -0.1) is 0 Å². The Kier molecular flexibility index (Phi) is 6.02. The molecule has 4 rings (SSSR count). The molecule has 29 heavy (non-hydrogen) atoms. The second-order valence-electron chi connectivity index (χ2n) is 8.89. The molecule has 1 saturated heterocycles. The monoisotopic (exact) mass is 392 g/mol. The van der Waals surface area contributed by atoms with Crippen molar-refractivity contribution in [1.82, 2.24) is 10.2 Å². The van der Waals surface area contributed by atoms with Crippen LogP contribution in [0.5, 0.6) is 0 Å². The second kappa shape index (κ2) is 8.68. The van der Waals surface area contributed by atoms with Crippen LogP contribution < -0.4 is 5.32 Å². The first kappa shape index (κ1) is 20.1. The van der Waals surface area contributed by atoms with Crippen LogP contribution in [0.1, 0.15) is 56.2 Å². The van der Waals surface area contributed by atoms with Crippen LogP contribution in [0.2, 0.25) is 0 Å². The number of hydrogen-bond donors (Lipinski definition) is 2. The summed E-state index contributed by atoms with van der Waals surface area (Å²) in [5.41, 5.74) is 1.44. The van der Waals surface area contributed by atoms with E-state index in [4.69, 9.17) is 0 Å². The van der Waals surface area contributed by atoms with Gasteiger partial charge in [-0.05, 0) is 37.3 Å². The standard InChI is InChI=1S/C25H32N2O2/c1-25(29)16-17-27(18-19-10-4-2-5-11-19)22(20-12-6-3-7-13-20)23(25)26-24(28)21-14-8-9-15-21/h2-7,10-13,21-23,29H,8-9,14-18H2,1H3,(H,26,28). The van der Waals surface area contributed by atoms with Crippen LogP contribution in [-0.4, -0.2) is 34.1 Å². The van der Waals surface area contributed by atoms with E-state index < -0.39 is 5.60 Å². The predicted octanol–water partition coefficient (Wildman–Crippen LogP) is 4.06. The van der Waals surface area contributed by atoms with Crippen molar-refractivity contribution >= 4 is 5.91 Å². The van der Waals surface area contributed by atoms with Crippen LogP contribution >= 0.6 is 0 Å². The SMILES string of the molecule is CC1(O)CCN(Cc2ccccc2)C(c2ccccc2)C1NC(=O)C1CCCC1. The Bertz CT molecular complexity index is 800. The van der Waals surface area contributed by atoms with Crippen molar-refractivity contribution in [2.24, 2.45) is 5.92 Å². The molecule has 1 heterocycles. The highest BCUT2D eigenvalue weighted by Crippen LogP contribution is 2.38. The highest BCUT2D eigenvalue weighted by atomic mass is 16.3. The van der Waals surface area contributed by atoms with Gasteiger partial charge in [-0.3, -0.25) is 9.69 Å². The van der Waals surface area contributed by atoms with Gasteiger partial charge in [-0.25, -0.2) is 0 Å². The number of amides is 1. The Balaban J connectivity index is 1.64. The van der Waals surface area contributed by atoms with Gasteiger partial charge in [-0.2, -0.15) is 0 Å². The van der Waals surface area contributed by atoms with E-state index in [0.717, 1.165) is 44.3 Å². The Hall–Kier alpha value is -2.17. The number of nitrogens with zero attached hydrogens (tertiary/aromatic N) is 1. The molecule has 2 fully saturated rings. The lowest BCUT2D eigenvalue weighted by atomic mass is 9.79. The molecule has 4 heteroatoms. The normalized spacial score (nSPS) is 28.3. The third-order valence-electron chi connectivity index (χ3n) is 6.68. The van der Waals surface area contributed by atoms with Crippen molar-refractivity contribution in [3.8, 4) is 0 Å². The molecule has 4 nitrogen and oxygen atoms in total. The molecule has 1 amide bonds. The summed E-state index contributed by atoms with van der Waals surface area (Å²) in [5, 5.41) is 14.6. The Morgan fingerprint density at radius 2 is 1.69 bits per heavy atom. The molecule has 0 aromatic heterocycles. The minimum atomic E-state index is -0.942. The maximum absolute atomic E-state index is 13.0. The summed E-state index contributed by atoms with van der Waals surface area (Å²) in [6.07, 6.45) is 4.82. The minimum Gasteiger partial charge on any atom is -0.388 e. The van der Waals surface area contributed by atoms with Crippen LogP contribution in [0.15, 0.2) is 60.7 Å². The average Bonchev–Trinajstić information content (AvgIpc) is 3.27. The Morgan fingerprint density at radius 3 is 2.34 bits per heavy atom. The number of aliphatic hydroxyl groups is 1. The summed E-state index contributed by atoms with van der Waals surface area (Å²) < 4.78 is 0. The van der Waals surface area contributed by atoms with Crippen molar-refractivity contribution in [2.75, 3.05) is 6.54 Å². The van der Waals surface area contributed by atoms with Crippen LogP contribution in [0.4, 0.5) is 0 Å². The largest absolute Gasteiger partial charge is 0.388 e. The summed E-state index contributed by atoms with van der Waals surface area (Å²) in [7, 11) is 0. The zero-order chi connectivity index (χ0) is 20.3. The van der Waals surface area contributed by atoms with Crippen molar-refractivity contribution < 1.29 is 9.90 Å². The van der Waals surface area contributed by atoms with Crippen molar-refractivity contribution in [3.63, 3.8) is 0 Å². The molecule has 154 valence electrons.